The fourth-order valence-corrected chi connectivity index (χ4v) is 4.19. The van der Waals surface area contributed by atoms with E-state index in [4.69, 9.17) is 4.74 Å². The topological polar surface area (TPSA) is 45.6 Å². The molecule has 0 saturated carbocycles. The number of ether oxygens (including phenoxy) is 1. The van der Waals surface area contributed by atoms with Gasteiger partial charge in [0.05, 0.1) is 17.9 Å². The Labute approximate surface area is 118 Å². The number of aryl methyl sites for hydroxylation is 1. The van der Waals surface area contributed by atoms with Crippen LogP contribution in [0.15, 0.2) is 0 Å². The highest BCUT2D eigenvalue weighted by molar-refractivity contribution is 7.15. The van der Waals surface area contributed by atoms with Gasteiger partial charge in [-0.2, -0.15) is 0 Å². The van der Waals surface area contributed by atoms with E-state index in [1.54, 1.807) is 11.3 Å². The number of nitrogens with zero attached hydrogens (tertiary/aromatic N) is 2. The van der Waals surface area contributed by atoms with Crippen LogP contribution in [0.5, 0.6) is 0 Å². The molecule has 0 bridgehead atoms. The van der Waals surface area contributed by atoms with Gasteiger partial charge in [-0.1, -0.05) is 0 Å². The maximum absolute atomic E-state index is 10.0. The van der Waals surface area contributed by atoms with Gasteiger partial charge in [-0.05, 0) is 39.0 Å². The molecule has 1 N–H and O–H groups in total. The molecule has 0 spiro atoms. The van der Waals surface area contributed by atoms with Crippen LogP contribution in [0.25, 0.3) is 0 Å². The summed E-state index contributed by atoms with van der Waals surface area (Å²) in [5.74, 6) is 0. The molecule has 19 heavy (non-hydrogen) atoms. The predicted molar refractivity (Wildman–Crippen MR) is 76.9 cm³/mol. The molecule has 5 heteroatoms. The fourth-order valence-electron chi connectivity index (χ4n) is 3.00. The molecule has 0 amide bonds. The van der Waals surface area contributed by atoms with E-state index in [-0.39, 0.29) is 6.10 Å². The van der Waals surface area contributed by atoms with Gasteiger partial charge in [-0.15, -0.1) is 11.3 Å². The third-order valence-corrected chi connectivity index (χ3v) is 5.16. The van der Waals surface area contributed by atoms with E-state index in [1.807, 2.05) is 0 Å². The van der Waals surface area contributed by atoms with E-state index >= 15 is 0 Å². The van der Waals surface area contributed by atoms with Crippen molar-refractivity contribution in [2.75, 3.05) is 24.6 Å². The molecule has 3 rings (SSSR count). The Morgan fingerprint density at radius 2 is 2.32 bits per heavy atom. The smallest absolute Gasteiger partial charge is 0.185 e. The van der Waals surface area contributed by atoms with Crippen LogP contribution in [0.4, 0.5) is 5.13 Å². The maximum Gasteiger partial charge on any atom is 0.185 e. The van der Waals surface area contributed by atoms with Crippen molar-refractivity contribution in [2.24, 2.45) is 0 Å². The van der Waals surface area contributed by atoms with E-state index in [1.165, 1.54) is 4.88 Å². The summed E-state index contributed by atoms with van der Waals surface area (Å²) in [4.78, 5) is 8.31. The first-order chi connectivity index (χ1) is 9.28. The quantitative estimate of drug-likeness (QED) is 0.925. The van der Waals surface area contributed by atoms with Crippen molar-refractivity contribution in [3.63, 3.8) is 0 Å². The van der Waals surface area contributed by atoms with Crippen molar-refractivity contribution in [2.45, 2.75) is 51.2 Å². The second-order valence-corrected chi connectivity index (χ2v) is 6.44. The van der Waals surface area contributed by atoms with Crippen LogP contribution < -0.4 is 4.90 Å². The molecule has 1 aliphatic carbocycles. The Balaban J connectivity index is 1.75. The van der Waals surface area contributed by atoms with Gasteiger partial charge >= 0.3 is 0 Å². The summed E-state index contributed by atoms with van der Waals surface area (Å²) in [6.07, 6.45) is 5.32. The van der Waals surface area contributed by atoms with Crippen molar-refractivity contribution in [3.05, 3.63) is 10.6 Å². The van der Waals surface area contributed by atoms with Crippen molar-refractivity contribution >= 4 is 16.5 Å². The zero-order valence-corrected chi connectivity index (χ0v) is 12.3. The fraction of sp³-hybridized carbons (Fsp3) is 0.786. The van der Waals surface area contributed by atoms with Gasteiger partial charge in [-0.3, -0.25) is 0 Å². The van der Waals surface area contributed by atoms with Crippen LogP contribution in [0.2, 0.25) is 0 Å². The highest BCUT2D eigenvalue weighted by Crippen LogP contribution is 2.37. The van der Waals surface area contributed by atoms with E-state index in [0.717, 1.165) is 62.6 Å². The normalized spacial score (nSPS) is 27.4. The lowest BCUT2D eigenvalue weighted by Gasteiger charge is -2.32. The molecular weight excluding hydrogens is 260 g/mol. The first kappa shape index (κ1) is 13.3. The summed E-state index contributed by atoms with van der Waals surface area (Å²) >= 11 is 1.76. The molecule has 106 valence electrons. The molecule has 1 fully saturated rings. The maximum atomic E-state index is 10.0. The lowest BCUT2D eigenvalue weighted by Crippen LogP contribution is -2.39. The monoisotopic (exact) mass is 282 g/mol. The number of aliphatic hydroxyl groups excluding tert-OH is 1. The summed E-state index contributed by atoms with van der Waals surface area (Å²) in [6.45, 7) is 4.84. The number of hydrogen-bond acceptors (Lipinski definition) is 5. The first-order valence-electron chi connectivity index (χ1n) is 7.32. The highest BCUT2D eigenvalue weighted by atomic mass is 32.1. The van der Waals surface area contributed by atoms with Gasteiger partial charge in [0, 0.05) is 24.6 Å². The van der Waals surface area contributed by atoms with E-state index in [0.29, 0.717) is 6.10 Å². The Bertz CT molecular complexity index is 433. The largest absolute Gasteiger partial charge is 0.387 e. The molecule has 2 heterocycles. The lowest BCUT2D eigenvalue weighted by molar-refractivity contribution is 0.0526. The van der Waals surface area contributed by atoms with Gasteiger partial charge in [0.2, 0.25) is 0 Å². The van der Waals surface area contributed by atoms with Crippen molar-refractivity contribution in [1.82, 2.24) is 4.98 Å². The summed E-state index contributed by atoms with van der Waals surface area (Å²) in [5, 5.41) is 11.1. The zero-order chi connectivity index (χ0) is 13.2. The second kappa shape index (κ2) is 5.77. The Kier molecular flexibility index (Phi) is 4.05. The lowest BCUT2D eigenvalue weighted by atomic mass is 10.0. The number of aromatic nitrogens is 1. The minimum absolute atomic E-state index is 0.338. The third kappa shape index (κ3) is 2.78. The van der Waals surface area contributed by atoms with Gasteiger partial charge in [0.1, 0.15) is 0 Å². The van der Waals surface area contributed by atoms with Crippen LogP contribution >= 0.6 is 11.3 Å². The highest BCUT2D eigenvalue weighted by Gasteiger charge is 2.27. The SMILES string of the molecule is CCOC1CCCN(c2nc3c(s2)CCCC3O)C1. The van der Waals surface area contributed by atoms with Crippen LogP contribution in [-0.2, 0) is 11.2 Å². The van der Waals surface area contributed by atoms with Crippen LogP contribution in [0.1, 0.15) is 49.3 Å². The average Bonchev–Trinajstić information content (AvgIpc) is 2.85. The first-order valence-corrected chi connectivity index (χ1v) is 8.13. The molecule has 2 aliphatic rings. The van der Waals surface area contributed by atoms with Crippen LogP contribution in [0.3, 0.4) is 0 Å². The molecular formula is C14H22N2O2S. The number of piperidine rings is 1. The van der Waals surface area contributed by atoms with Gasteiger partial charge in [-0.25, -0.2) is 4.98 Å². The Morgan fingerprint density at radius 1 is 1.42 bits per heavy atom. The molecule has 1 aromatic rings. The molecule has 0 aromatic carbocycles. The molecule has 1 aliphatic heterocycles. The average molecular weight is 282 g/mol. The number of thiazole rings is 1. The van der Waals surface area contributed by atoms with Crippen molar-refractivity contribution in [3.8, 4) is 0 Å². The van der Waals surface area contributed by atoms with Crippen LogP contribution in [0, 0.1) is 0 Å². The van der Waals surface area contributed by atoms with E-state index < -0.39 is 0 Å². The van der Waals surface area contributed by atoms with Crippen molar-refractivity contribution in [1.29, 1.82) is 0 Å². The molecule has 4 nitrogen and oxygen atoms in total. The minimum atomic E-state index is -0.346. The predicted octanol–water partition coefficient (Wildman–Crippen LogP) is 2.52. The number of anilines is 1. The number of hydrogen-bond donors (Lipinski definition) is 1. The van der Waals surface area contributed by atoms with E-state index in [9.17, 15) is 5.11 Å². The third-order valence-electron chi connectivity index (χ3n) is 3.96. The molecule has 0 radical (unpaired) electrons. The van der Waals surface area contributed by atoms with Crippen LogP contribution in [-0.4, -0.2) is 35.9 Å². The summed E-state index contributed by atoms with van der Waals surface area (Å²) in [6, 6.07) is 0. The second-order valence-electron chi connectivity index (χ2n) is 5.38. The van der Waals surface area contributed by atoms with E-state index in [2.05, 4.69) is 16.8 Å². The Morgan fingerprint density at radius 3 is 3.11 bits per heavy atom. The molecule has 2 unspecified atom stereocenters. The molecule has 1 aromatic heterocycles. The van der Waals surface area contributed by atoms with Gasteiger partial charge < -0.3 is 14.7 Å². The Hall–Kier alpha value is -0.650. The number of rotatable bonds is 3. The standard InChI is InChI=1S/C14H22N2O2S/c1-2-18-10-5-4-8-16(9-10)14-15-13-11(17)6-3-7-12(13)19-14/h10-11,17H,2-9H2,1H3. The summed E-state index contributed by atoms with van der Waals surface area (Å²) in [7, 11) is 0. The van der Waals surface area contributed by atoms with Gasteiger partial charge in [0.25, 0.3) is 0 Å². The molecule has 1 saturated heterocycles. The molecule has 2 atom stereocenters. The number of aliphatic hydroxyl groups is 1. The minimum Gasteiger partial charge on any atom is -0.387 e. The van der Waals surface area contributed by atoms with Crippen molar-refractivity contribution < 1.29 is 9.84 Å². The van der Waals surface area contributed by atoms with Gasteiger partial charge in [0.15, 0.2) is 5.13 Å². The number of fused-ring (bicyclic) bond motifs is 1. The zero-order valence-electron chi connectivity index (χ0n) is 11.5. The summed E-state index contributed by atoms with van der Waals surface area (Å²) in [5.41, 5.74) is 0.935. The summed E-state index contributed by atoms with van der Waals surface area (Å²) < 4.78 is 5.74.